The van der Waals surface area contributed by atoms with Crippen molar-refractivity contribution in [2.75, 3.05) is 36.5 Å². The summed E-state index contributed by atoms with van der Waals surface area (Å²) in [6.45, 7) is 2.43. The van der Waals surface area contributed by atoms with Gasteiger partial charge in [-0.2, -0.15) is 0 Å². The highest BCUT2D eigenvalue weighted by atomic mass is 19.1. The summed E-state index contributed by atoms with van der Waals surface area (Å²) in [7, 11) is 0. The minimum absolute atomic E-state index is 0.269. The number of hydrogen-bond donors (Lipinski definition) is 3. The minimum Gasteiger partial charge on any atom is -0.378 e. The van der Waals surface area contributed by atoms with Crippen LogP contribution in [0.4, 0.5) is 20.6 Å². The summed E-state index contributed by atoms with van der Waals surface area (Å²) in [5.41, 5.74) is 6.21. The van der Waals surface area contributed by atoms with Gasteiger partial charge < -0.3 is 26.0 Å². The van der Waals surface area contributed by atoms with Crippen LogP contribution >= 0.6 is 0 Å². The number of rotatable bonds is 4. The second-order valence-corrected chi connectivity index (χ2v) is 6.41. The normalized spacial score (nSPS) is 23.3. The molecule has 3 amide bonds. The van der Waals surface area contributed by atoms with Crippen LogP contribution < -0.4 is 21.3 Å². The Labute approximate surface area is 145 Å². The molecule has 0 bridgehead atoms. The van der Waals surface area contributed by atoms with Gasteiger partial charge in [-0.1, -0.05) is 6.42 Å². The van der Waals surface area contributed by atoms with Crippen LogP contribution in [0.1, 0.15) is 19.3 Å². The quantitative estimate of drug-likeness (QED) is 0.765. The molecule has 0 spiro atoms. The number of ether oxygens (including phenoxy) is 1. The van der Waals surface area contributed by atoms with Crippen LogP contribution in [0.25, 0.3) is 0 Å². The van der Waals surface area contributed by atoms with Crippen LogP contribution in [0.2, 0.25) is 0 Å². The Balaban J connectivity index is 1.60. The van der Waals surface area contributed by atoms with E-state index in [-0.39, 0.29) is 12.0 Å². The van der Waals surface area contributed by atoms with Crippen molar-refractivity contribution in [3.05, 3.63) is 24.0 Å². The van der Waals surface area contributed by atoms with Gasteiger partial charge in [0.05, 0.1) is 24.8 Å². The first-order valence-corrected chi connectivity index (χ1v) is 8.53. The van der Waals surface area contributed by atoms with Crippen LogP contribution in [0.5, 0.6) is 0 Å². The summed E-state index contributed by atoms with van der Waals surface area (Å²) >= 11 is 0. The molecule has 4 N–H and O–H groups in total. The van der Waals surface area contributed by atoms with E-state index in [1.807, 2.05) is 4.90 Å². The number of nitrogens with one attached hydrogen (secondary N) is 2. The number of primary amides is 1. The molecular formula is C17H23FN4O3. The lowest BCUT2D eigenvalue weighted by molar-refractivity contribution is -0.122. The zero-order valence-electron chi connectivity index (χ0n) is 14.0. The summed E-state index contributed by atoms with van der Waals surface area (Å²) in [5, 5.41) is 5.37. The highest BCUT2D eigenvalue weighted by Gasteiger charge is 2.32. The zero-order valence-corrected chi connectivity index (χ0v) is 14.0. The Morgan fingerprint density at radius 3 is 2.68 bits per heavy atom. The average Bonchev–Trinajstić information content (AvgIpc) is 3.04. The molecule has 2 aliphatic rings. The van der Waals surface area contributed by atoms with Gasteiger partial charge in [0, 0.05) is 24.8 Å². The van der Waals surface area contributed by atoms with Crippen molar-refractivity contribution in [3.63, 3.8) is 0 Å². The molecule has 1 aromatic carbocycles. The van der Waals surface area contributed by atoms with E-state index in [0.29, 0.717) is 50.5 Å². The molecule has 1 saturated carbocycles. The van der Waals surface area contributed by atoms with Crippen molar-refractivity contribution in [3.8, 4) is 0 Å². The second-order valence-electron chi connectivity index (χ2n) is 6.41. The number of nitrogens with zero attached hydrogens (tertiary/aromatic N) is 1. The number of nitrogens with two attached hydrogens (primary N) is 1. The molecule has 3 rings (SSSR count). The number of anilines is 2. The average molecular weight is 350 g/mol. The molecule has 1 aromatic rings. The molecule has 1 aliphatic carbocycles. The lowest BCUT2D eigenvalue weighted by Crippen LogP contribution is -2.44. The van der Waals surface area contributed by atoms with Crippen molar-refractivity contribution in [2.45, 2.75) is 25.3 Å². The van der Waals surface area contributed by atoms with Crippen molar-refractivity contribution in [1.82, 2.24) is 5.32 Å². The van der Waals surface area contributed by atoms with Gasteiger partial charge in [0.1, 0.15) is 5.82 Å². The zero-order chi connectivity index (χ0) is 17.8. The maximum absolute atomic E-state index is 14.3. The third-order valence-corrected chi connectivity index (χ3v) is 4.76. The van der Waals surface area contributed by atoms with Crippen LogP contribution in [0, 0.1) is 11.7 Å². The Morgan fingerprint density at radius 1 is 1.24 bits per heavy atom. The van der Waals surface area contributed by atoms with Crippen LogP contribution in [-0.2, 0) is 9.53 Å². The molecule has 1 aliphatic heterocycles. The van der Waals surface area contributed by atoms with Gasteiger partial charge in [0.2, 0.25) is 5.91 Å². The van der Waals surface area contributed by atoms with Crippen LogP contribution in [0.3, 0.4) is 0 Å². The van der Waals surface area contributed by atoms with Crippen molar-refractivity contribution >= 4 is 23.3 Å². The third kappa shape index (κ3) is 4.19. The van der Waals surface area contributed by atoms with E-state index in [0.717, 1.165) is 6.42 Å². The molecule has 2 atom stereocenters. The monoisotopic (exact) mass is 350 g/mol. The molecule has 0 unspecified atom stereocenters. The molecule has 136 valence electrons. The predicted octanol–water partition coefficient (Wildman–Crippen LogP) is 1.44. The van der Waals surface area contributed by atoms with E-state index in [1.165, 1.54) is 6.07 Å². The molecule has 0 aromatic heterocycles. The maximum Gasteiger partial charge on any atom is 0.319 e. The van der Waals surface area contributed by atoms with E-state index in [4.69, 9.17) is 10.5 Å². The molecular weight excluding hydrogens is 327 g/mol. The second kappa shape index (κ2) is 7.69. The minimum atomic E-state index is -0.461. The maximum atomic E-state index is 14.3. The molecule has 0 radical (unpaired) electrons. The number of carbonyl (C=O) groups excluding carboxylic acids is 2. The van der Waals surface area contributed by atoms with Gasteiger partial charge in [-0.15, -0.1) is 0 Å². The highest BCUT2D eigenvalue weighted by Crippen LogP contribution is 2.26. The van der Waals surface area contributed by atoms with Gasteiger partial charge in [0.25, 0.3) is 0 Å². The van der Waals surface area contributed by atoms with Gasteiger partial charge in [-0.25, -0.2) is 9.18 Å². The van der Waals surface area contributed by atoms with Crippen LogP contribution in [-0.4, -0.2) is 44.3 Å². The fraction of sp³-hybridized carbons (Fsp3) is 0.529. The fourth-order valence-corrected chi connectivity index (χ4v) is 3.45. The molecule has 1 saturated heterocycles. The lowest BCUT2D eigenvalue weighted by atomic mass is 10.0. The summed E-state index contributed by atoms with van der Waals surface area (Å²) in [6, 6.07) is 3.88. The Morgan fingerprint density at radius 2 is 2.00 bits per heavy atom. The topological polar surface area (TPSA) is 96.7 Å². The molecule has 2 fully saturated rings. The Hall–Kier alpha value is -2.35. The summed E-state index contributed by atoms with van der Waals surface area (Å²) < 4.78 is 19.6. The SMILES string of the molecule is NC(=O)[C@H]1CCC[C@@H]1NC(=O)Nc1ccc(N2CCOCC2)c(F)c1. The first-order valence-electron chi connectivity index (χ1n) is 8.53. The van der Waals surface area contributed by atoms with E-state index >= 15 is 0 Å². The van der Waals surface area contributed by atoms with E-state index < -0.39 is 17.8 Å². The first-order chi connectivity index (χ1) is 12.0. The highest BCUT2D eigenvalue weighted by molar-refractivity contribution is 5.90. The number of amides is 3. The number of morpholine rings is 1. The third-order valence-electron chi connectivity index (χ3n) is 4.76. The molecule has 7 nitrogen and oxygen atoms in total. The largest absolute Gasteiger partial charge is 0.378 e. The van der Waals surface area contributed by atoms with Gasteiger partial charge in [0.15, 0.2) is 0 Å². The fourth-order valence-electron chi connectivity index (χ4n) is 3.45. The standard InChI is InChI=1S/C17H23FN4O3/c18-13-10-11(4-5-15(13)22-6-8-25-9-7-22)20-17(24)21-14-3-1-2-12(14)16(19)23/h4-5,10,12,14H,1-3,6-9H2,(H2,19,23)(H2,20,21,24)/t12-,14-/m0/s1. The molecule has 25 heavy (non-hydrogen) atoms. The van der Waals surface area contributed by atoms with Gasteiger partial charge >= 0.3 is 6.03 Å². The van der Waals surface area contributed by atoms with Gasteiger partial charge in [-0.05, 0) is 31.0 Å². The number of hydrogen-bond acceptors (Lipinski definition) is 4. The van der Waals surface area contributed by atoms with E-state index in [9.17, 15) is 14.0 Å². The Kier molecular flexibility index (Phi) is 5.37. The molecule has 1 heterocycles. The summed E-state index contributed by atoms with van der Waals surface area (Å²) in [4.78, 5) is 25.4. The van der Waals surface area contributed by atoms with Gasteiger partial charge in [-0.3, -0.25) is 4.79 Å². The number of benzene rings is 1. The number of halogens is 1. The predicted molar refractivity (Wildman–Crippen MR) is 91.9 cm³/mol. The lowest BCUT2D eigenvalue weighted by Gasteiger charge is -2.29. The smallest absolute Gasteiger partial charge is 0.319 e. The Bertz CT molecular complexity index is 649. The summed E-state index contributed by atoms with van der Waals surface area (Å²) in [6.07, 6.45) is 2.25. The van der Waals surface area contributed by atoms with Crippen molar-refractivity contribution in [2.24, 2.45) is 11.7 Å². The number of urea groups is 1. The molecule has 8 heteroatoms. The summed E-state index contributed by atoms with van der Waals surface area (Å²) in [5.74, 6) is -1.13. The van der Waals surface area contributed by atoms with Crippen molar-refractivity contribution in [1.29, 1.82) is 0 Å². The van der Waals surface area contributed by atoms with Crippen molar-refractivity contribution < 1.29 is 18.7 Å². The first kappa shape index (κ1) is 17.5. The number of carbonyl (C=O) groups is 2. The van der Waals surface area contributed by atoms with Crippen LogP contribution in [0.15, 0.2) is 18.2 Å². The van der Waals surface area contributed by atoms with E-state index in [1.54, 1.807) is 12.1 Å². The van der Waals surface area contributed by atoms with E-state index in [2.05, 4.69) is 10.6 Å².